The Hall–Kier alpha value is -2.50. The summed E-state index contributed by atoms with van der Waals surface area (Å²) in [6.45, 7) is 0.740. The van der Waals surface area contributed by atoms with Crippen LogP contribution in [-0.4, -0.2) is 15.9 Å². The standard InChI is InChI=1S/C18H15Cl2N3O2/c19-15-9-16(23-17(15)20)18(24)22-10-12-4-3-6-14(8-12)25-11-13-5-1-2-7-21-13/h1-9,23H,10-11H2,(H,22,24). The summed E-state index contributed by atoms with van der Waals surface area (Å²) in [5.41, 5.74) is 2.08. The number of pyridine rings is 1. The number of nitrogens with one attached hydrogen (secondary N) is 2. The summed E-state index contributed by atoms with van der Waals surface area (Å²) in [6, 6.07) is 14.7. The first-order chi connectivity index (χ1) is 12.1. The van der Waals surface area contributed by atoms with Gasteiger partial charge in [-0.1, -0.05) is 41.4 Å². The van der Waals surface area contributed by atoms with Crippen LogP contribution in [0.15, 0.2) is 54.7 Å². The van der Waals surface area contributed by atoms with Crippen LogP contribution >= 0.6 is 23.2 Å². The van der Waals surface area contributed by atoms with Crippen molar-refractivity contribution in [3.63, 3.8) is 0 Å². The van der Waals surface area contributed by atoms with Gasteiger partial charge in [-0.25, -0.2) is 0 Å². The van der Waals surface area contributed by atoms with Gasteiger partial charge in [0.2, 0.25) is 0 Å². The van der Waals surface area contributed by atoms with Crippen LogP contribution in [0.25, 0.3) is 0 Å². The topological polar surface area (TPSA) is 67.0 Å². The number of hydrogen-bond acceptors (Lipinski definition) is 3. The number of benzene rings is 1. The van der Waals surface area contributed by atoms with Crippen molar-refractivity contribution in [1.29, 1.82) is 0 Å². The number of nitrogens with zero attached hydrogens (tertiary/aromatic N) is 1. The van der Waals surface area contributed by atoms with E-state index in [1.807, 2.05) is 42.5 Å². The van der Waals surface area contributed by atoms with Gasteiger partial charge in [-0.3, -0.25) is 9.78 Å². The average Bonchev–Trinajstić information content (AvgIpc) is 2.98. The molecule has 0 aliphatic rings. The molecule has 0 unspecified atom stereocenters. The molecule has 1 amide bonds. The molecular formula is C18H15Cl2N3O2. The predicted molar refractivity (Wildman–Crippen MR) is 97.0 cm³/mol. The second-order valence-corrected chi connectivity index (χ2v) is 6.07. The van der Waals surface area contributed by atoms with E-state index in [0.29, 0.717) is 29.6 Å². The molecule has 3 rings (SSSR count). The summed E-state index contributed by atoms with van der Waals surface area (Å²) in [5.74, 6) is 0.428. The van der Waals surface area contributed by atoms with Crippen molar-refractivity contribution in [3.8, 4) is 5.75 Å². The van der Waals surface area contributed by atoms with Crippen molar-refractivity contribution < 1.29 is 9.53 Å². The number of carbonyl (C=O) groups excluding carboxylic acids is 1. The van der Waals surface area contributed by atoms with E-state index in [0.717, 1.165) is 11.3 Å². The smallest absolute Gasteiger partial charge is 0.268 e. The summed E-state index contributed by atoms with van der Waals surface area (Å²) in [5, 5.41) is 3.36. The van der Waals surface area contributed by atoms with Crippen LogP contribution in [-0.2, 0) is 13.2 Å². The summed E-state index contributed by atoms with van der Waals surface area (Å²) in [4.78, 5) is 19.0. The normalized spacial score (nSPS) is 10.5. The molecule has 3 aromatic rings. The van der Waals surface area contributed by atoms with Gasteiger partial charge in [0.25, 0.3) is 5.91 Å². The number of H-pyrrole nitrogens is 1. The fraction of sp³-hybridized carbons (Fsp3) is 0.111. The monoisotopic (exact) mass is 375 g/mol. The lowest BCUT2D eigenvalue weighted by molar-refractivity contribution is 0.0946. The summed E-state index contributed by atoms with van der Waals surface area (Å²) < 4.78 is 5.73. The van der Waals surface area contributed by atoms with E-state index >= 15 is 0 Å². The van der Waals surface area contributed by atoms with Gasteiger partial charge in [0.05, 0.1) is 10.7 Å². The molecule has 0 spiro atoms. The maximum absolute atomic E-state index is 12.1. The van der Waals surface area contributed by atoms with Crippen molar-refractivity contribution >= 4 is 29.1 Å². The summed E-state index contributed by atoms with van der Waals surface area (Å²) in [7, 11) is 0. The van der Waals surface area contributed by atoms with Crippen LogP contribution in [0, 0.1) is 0 Å². The fourth-order valence-corrected chi connectivity index (χ4v) is 2.50. The lowest BCUT2D eigenvalue weighted by Gasteiger charge is -2.08. The third kappa shape index (κ3) is 4.75. The molecule has 2 heterocycles. The fourth-order valence-electron chi connectivity index (χ4n) is 2.19. The Morgan fingerprint density at radius 3 is 2.76 bits per heavy atom. The van der Waals surface area contributed by atoms with Crippen LogP contribution in [0.2, 0.25) is 10.2 Å². The highest BCUT2D eigenvalue weighted by molar-refractivity contribution is 6.41. The highest BCUT2D eigenvalue weighted by Crippen LogP contribution is 2.22. The van der Waals surface area contributed by atoms with Gasteiger partial charge in [-0.15, -0.1) is 0 Å². The van der Waals surface area contributed by atoms with E-state index in [1.165, 1.54) is 6.07 Å². The number of halogens is 2. The van der Waals surface area contributed by atoms with E-state index in [4.69, 9.17) is 27.9 Å². The molecule has 0 atom stereocenters. The molecule has 5 nitrogen and oxygen atoms in total. The number of amides is 1. The number of aromatic nitrogens is 2. The number of carbonyl (C=O) groups is 1. The molecule has 128 valence electrons. The third-order valence-electron chi connectivity index (χ3n) is 3.43. The molecule has 2 aromatic heterocycles. The molecular weight excluding hydrogens is 361 g/mol. The Morgan fingerprint density at radius 2 is 2.04 bits per heavy atom. The average molecular weight is 376 g/mol. The number of ether oxygens (including phenoxy) is 1. The van der Waals surface area contributed by atoms with Gasteiger partial charge in [0.15, 0.2) is 0 Å². The lowest BCUT2D eigenvalue weighted by Crippen LogP contribution is -2.23. The second kappa shape index (κ2) is 8.05. The highest BCUT2D eigenvalue weighted by atomic mass is 35.5. The lowest BCUT2D eigenvalue weighted by atomic mass is 10.2. The Morgan fingerprint density at radius 1 is 1.16 bits per heavy atom. The molecule has 25 heavy (non-hydrogen) atoms. The van der Waals surface area contributed by atoms with Crippen molar-refractivity contribution in [3.05, 3.63) is 81.9 Å². The van der Waals surface area contributed by atoms with Crippen LogP contribution in [0.3, 0.4) is 0 Å². The zero-order valence-corrected chi connectivity index (χ0v) is 14.6. The summed E-state index contributed by atoms with van der Waals surface area (Å²) in [6.07, 6.45) is 1.73. The van der Waals surface area contributed by atoms with Gasteiger partial charge in [0, 0.05) is 12.7 Å². The molecule has 2 N–H and O–H groups in total. The second-order valence-electron chi connectivity index (χ2n) is 5.28. The number of rotatable bonds is 6. The predicted octanol–water partition coefficient (Wildman–Crippen LogP) is 4.23. The number of aromatic amines is 1. The maximum Gasteiger partial charge on any atom is 0.268 e. The van der Waals surface area contributed by atoms with E-state index < -0.39 is 0 Å². The molecule has 0 saturated heterocycles. The Kier molecular flexibility index (Phi) is 5.58. The van der Waals surface area contributed by atoms with Gasteiger partial charge in [-0.2, -0.15) is 0 Å². The third-order valence-corrected chi connectivity index (χ3v) is 4.13. The van der Waals surface area contributed by atoms with Gasteiger partial charge in [-0.05, 0) is 35.9 Å². The minimum Gasteiger partial charge on any atom is -0.487 e. The first-order valence-electron chi connectivity index (χ1n) is 7.55. The number of hydrogen-bond donors (Lipinski definition) is 2. The maximum atomic E-state index is 12.1. The minimum atomic E-state index is -0.284. The summed E-state index contributed by atoms with van der Waals surface area (Å²) >= 11 is 11.6. The van der Waals surface area contributed by atoms with Gasteiger partial charge in [0.1, 0.15) is 23.2 Å². The minimum absolute atomic E-state index is 0.247. The van der Waals surface area contributed by atoms with E-state index in [-0.39, 0.29) is 11.1 Å². The Balaban J connectivity index is 1.57. The van der Waals surface area contributed by atoms with Crippen molar-refractivity contribution in [2.75, 3.05) is 0 Å². The van der Waals surface area contributed by atoms with Crippen LogP contribution in [0.4, 0.5) is 0 Å². The zero-order chi connectivity index (χ0) is 17.6. The van der Waals surface area contributed by atoms with E-state index in [2.05, 4.69) is 15.3 Å². The zero-order valence-electron chi connectivity index (χ0n) is 13.1. The molecule has 7 heteroatoms. The molecule has 1 aromatic carbocycles. The quantitative estimate of drug-likeness (QED) is 0.677. The molecule has 0 radical (unpaired) electrons. The van der Waals surface area contributed by atoms with Crippen LogP contribution < -0.4 is 10.1 Å². The molecule has 0 saturated carbocycles. The Bertz CT molecular complexity index is 846. The van der Waals surface area contributed by atoms with Crippen LogP contribution in [0.5, 0.6) is 5.75 Å². The van der Waals surface area contributed by atoms with Crippen molar-refractivity contribution in [1.82, 2.24) is 15.3 Å². The molecule has 0 bridgehead atoms. The van der Waals surface area contributed by atoms with Gasteiger partial charge >= 0.3 is 0 Å². The largest absolute Gasteiger partial charge is 0.487 e. The first-order valence-corrected chi connectivity index (χ1v) is 8.31. The SMILES string of the molecule is O=C(NCc1cccc(OCc2ccccn2)c1)c1cc(Cl)c(Cl)[nH]1. The van der Waals surface area contributed by atoms with Crippen molar-refractivity contribution in [2.24, 2.45) is 0 Å². The molecule has 0 fully saturated rings. The van der Waals surface area contributed by atoms with Crippen molar-refractivity contribution in [2.45, 2.75) is 13.2 Å². The Labute approximate surface area is 155 Å². The molecule has 0 aliphatic carbocycles. The van der Waals surface area contributed by atoms with Crippen LogP contribution in [0.1, 0.15) is 21.7 Å². The van der Waals surface area contributed by atoms with Gasteiger partial charge < -0.3 is 15.0 Å². The first kappa shape index (κ1) is 17.3. The van der Waals surface area contributed by atoms with E-state index in [1.54, 1.807) is 6.20 Å². The highest BCUT2D eigenvalue weighted by Gasteiger charge is 2.11. The molecule has 0 aliphatic heterocycles. The van der Waals surface area contributed by atoms with E-state index in [9.17, 15) is 4.79 Å².